The van der Waals surface area contributed by atoms with Crippen molar-refractivity contribution < 1.29 is 9.59 Å². The Hall–Kier alpha value is -3.60. The van der Waals surface area contributed by atoms with Crippen LogP contribution in [0, 0.1) is 20.8 Å². The molecule has 0 N–H and O–H groups in total. The SMILES string of the molecule is Cc1cc(C)c(CC(=O)N2CCN(C(=O)c3ccc(N(C)c4ccccc4)cc3)CC2)c(C)c1. The Morgan fingerprint density at radius 2 is 1.29 bits per heavy atom. The molecule has 0 spiro atoms. The molecule has 0 bridgehead atoms. The number of hydrogen-bond acceptors (Lipinski definition) is 3. The Morgan fingerprint density at radius 3 is 1.88 bits per heavy atom. The number of hydrogen-bond donors (Lipinski definition) is 0. The number of rotatable bonds is 5. The van der Waals surface area contributed by atoms with E-state index in [0.29, 0.717) is 38.2 Å². The van der Waals surface area contributed by atoms with Crippen LogP contribution in [0.2, 0.25) is 0 Å². The van der Waals surface area contributed by atoms with Crippen LogP contribution in [0.25, 0.3) is 0 Å². The molecule has 0 atom stereocenters. The maximum absolute atomic E-state index is 13.0. The molecule has 0 radical (unpaired) electrons. The Kier molecular flexibility index (Phi) is 7.01. The van der Waals surface area contributed by atoms with E-state index in [2.05, 4.69) is 49.9 Å². The number of amides is 2. The highest BCUT2D eigenvalue weighted by atomic mass is 16.2. The van der Waals surface area contributed by atoms with Gasteiger partial charge in [-0.25, -0.2) is 0 Å². The molecule has 1 fully saturated rings. The predicted octanol–water partition coefficient (Wildman–Crippen LogP) is 4.91. The van der Waals surface area contributed by atoms with Gasteiger partial charge in [0.15, 0.2) is 0 Å². The summed E-state index contributed by atoms with van der Waals surface area (Å²) in [7, 11) is 2.02. The van der Waals surface area contributed by atoms with Crippen molar-refractivity contribution in [2.45, 2.75) is 27.2 Å². The first-order valence-electron chi connectivity index (χ1n) is 11.9. The van der Waals surface area contributed by atoms with Gasteiger partial charge in [0.25, 0.3) is 5.91 Å². The van der Waals surface area contributed by atoms with Gasteiger partial charge in [-0.3, -0.25) is 9.59 Å². The molecule has 5 nitrogen and oxygen atoms in total. The number of anilines is 2. The highest BCUT2D eigenvalue weighted by molar-refractivity contribution is 5.95. The van der Waals surface area contributed by atoms with Gasteiger partial charge in [-0.1, -0.05) is 35.9 Å². The van der Waals surface area contributed by atoms with Crippen LogP contribution in [0.3, 0.4) is 0 Å². The summed E-state index contributed by atoms with van der Waals surface area (Å²) in [6.45, 7) is 8.48. The largest absolute Gasteiger partial charge is 0.345 e. The normalized spacial score (nSPS) is 13.6. The molecule has 1 aliphatic heterocycles. The average Bonchev–Trinajstić information content (AvgIpc) is 2.86. The molecule has 3 aromatic carbocycles. The minimum atomic E-state index is 0.0197. The van der Waals surface area contributed by atoms with Crippen molar-refractivity contribution >= 4 is 23.2 Å². The predicted molar refractivity (Wildman–Crippen MR) is 138 cm³/mol. The number of piperazine rings is 1. The summed E-state index contributed by atoms with van der Waals surface area (Å²) in [6, 6.07) is 22.1. The van der Waals surface area contributed by atoms with Crippen LogP contribution in [0.1, 0.15) is 32.6 Å². The van der Waals surface area contributed by atoms with Crippen molar-refractivity contribution in [2.75, 3.05) is 38.1 Å². The lowest BCUT2D eigenvalue weighted by molar-refractivity contribution is -0.131. The van der Waals surface area contributed by atoms with Gasteiger partial charge in [-0.2, -0.15) is 0 Å². The van der Waals surface area contributed by atoms with E-state index in [1.165, 1.54) is 16.7 Å². The van der Waals surface area contributed by atoms with Gasteiger partial charge in [-0.05, 0) is 73.9 Å². The van der Waals surface area contributed by atoms with Crippen molar-refractivity contribution in [3.8, 4) is 0 Å². The summed E-state index contributed by atoms with van der Waals surface area (Å²) in [5.74, 6) is 0.154. The Balaban J connectivity index is 1.34. The summed E-state index contributed by atoms with van der Waals surface area (Å²) in [5.41, 5.74) is 7.48. The second-order valence-electron chi connectivity index (χ2n) is 9.17. The van der Waals surface area contributed by atoms with Gasteiger partial charge >= 0.3 is 0 Å². The molecule has 0 aromatic heterocycles. The van der Waals surface area contributed by atoms with Crippen LogP contribution in [0.15, 0.2) is 66.7 Å². The van der Waals surface area contributed by atoms with E-state index >= 15 is 0 Å². The minimum absolute atomic E-state index is 0.0197. The third-order valence-corrected chi connectivity index (χ3v) is 6.73. The highest BCUT2D eigenvalue weighted by Crippen LogP contribution is 2.24. The second-order valence-corrected chi connectivity index (χ2v) is 9.17. The lowest BCUT2D eigenvalue weighted by Crippen LogP contribution is -2.51. The highest BCUT2D eigenvalue weighted by Gasteiger charge is 2.25. The fraction of sp³-hybridized carbons (Fsp3) is 0.310. The molecule has 176 valence electrons. The van der Waals surface area contributed by atoms with Crippen LogP contribution in [-0.4, -0.2) is 54.8 Å². The number of carbonyl (C=O) groups excluding carboxylic acids is 2. The first kappa shape index (κ1) is 23.6. The van der Waals surface area contributed by atoms with Gasteiger partial charge in [0.1, 0.15) is 0 Å². The average molecular weight is 456 g/mol. The van der Waals surface area contributed by atoms with E-state index in [1.807, 2.05) is 59.3 Å². The minimum Gasteiger partial charge on any atom is -0.345 e. The smallest absolute Gasteiger partial charge is 0.253 e. The van der Waals surface area contributed by atoms with Gasteiger partial charge in [0.2, 0.25) is 5.91 Å². The van der Waals surface area contributed by atoms with Gasteiger partial charge in [0.05, 0.1) is 6.42 Å². The van der Waals surface area contributed by atoms with Crippen molar-refractivity contribution in [2.24, 2.45) is 0 Å². The number of para-hydroxylation sites is 1. The number of aryl methyl sites for hydroxylation is 3. The van der Waals surface area contributed by atoms with Crippen molar-refractivity contribution in [1.29, 1.82) is 0 Å². The van der Waals surface area contributed by atoms with Gasteiger partial charge in [0, 0.05) is 50.2 Å². The molecule has 3 aromatic rings. The molecule has 4 rings (SSSR count). The van der Waals surface area contributed by atoms with Crippen molar-refractivity contribution in [3.63, 3.8) is 0 Å². The molecule has 0 saturated carbocycles. The fourth-order valence-corrected chi connectivity index (χ4v) is 4.72. The Bertz CT molecular complexity index is 1140. The molecule has 1 aliphatic rings. The second kappa shape index (κ2) is 10.1. The molecule has 1 heterocycles. The molecular formula is C29H33N3O2. The van der Waals surface area contributed by atoms with Crippen molar-refractivity contribution in [1.82, 2.24) is 9.80 Å². The Morgan fingerprint density at radius 1 is 0.765 bits per heavy atom. The summed E-state index contributed by atoms with van der Waals surface area (Å²) < 4.78 is 0. The number of nitrogens with zero attached hydrogens (tertiary/aromatic N) is 3. The quantitative estimate of drug-likeness (QED) is 0.549. The summed E-state index contributed by atoms with van der Waals surface area (Å²) in [4.78, 5) is 31.8. The zero-order valence-corrected chi connectivity index (χ0v) is 20.5. The summed E-state index contributed by atoms with van der Waals surface area (Å²) in [6.07, 6.45) is 0.419. The zero-order valence-electron chi connectivity index (χ0n) is 20.5. The number of carbonyl (C=O) groups is 2. The fourth-order valence-electron chi connectivity index (χ4n) is 4.72. The standard InChI is InChI=1S/C29H33N3O2/c1-21-18-22(2)27(23(3)19-21)20-28(33)31-14-16-32(17-15-31)29(34)24-10-12-26(13-11-24)30(4)25-8-6-5-7-9-25/h5-13,18-19H,14-17,20H2,1-4H3. The number of benzene rings is 3. The first-order chi connectivity index (χ1) is 16.3. The Labute approximate surface area is 202 Å². The molecule has 0 unspecified atom stereocenters. The lowest BCUT2D eigenvalue weighted by atomic mass is 9.97. The zero-order chi connectivity index (χ0) is 24.2. The maximum Gasteiger partial charge on any atom is 0.253 e. The molecule has 0 aliphatic carbocycles. The lowest BCUT2D eigenvalue weighted by Gasteiger charge is -2.35. The molecule has 2 amide bonds. The van der Waals surface area contributed by atoms with Gasteiger partial charge in [-0.15, -0.1) is 0 Å². The maximum atomic E-state index is 13.0. The molecule has 5 heteroatoms. The van der Waals surface area contributed by atoms with E-state index in [4.69, 9.17) is 0 Å². The third kappa shape index (κ3) is 5.14. The third-order valence-electron chi connectivity index (χ3n) is 6.73. The van der Waals surface area contributed by atoms with E-state index in [9.17, 15) is 9.59 Å². The van der Waals surface area contributed by atoms with E-state index in [0.717, 1.165) is 16.9 Å². The van der Waals surface area contributed by atoms with Crippen LogP contribution < -0.4 is 4.90 Å². The summed E-state index contributed by atoms with van der Waals surface area (Å²) in [5, 5.41) is 0. The van der Waals surface area contributed by atoms with Crippen LogP contribution in [0.5, 0.6) is 0 Å². The summed E-state index contributed by atoms with van der Waals surface area (Å²) >= 11 is 0. The van der Waals surface area contributed by atoms with Crippen LogP contribution in [0.4, 0.5) is 11.4 Å². The van der Waals surface area contributed by atoms with Crippen molar-refractivity contribution in [3.05, 3.63) is 94.5 Å². The van der Waals surface area contributed by atoms with E-state index in [1.54, 1.807) is 0 Å². The topological polar surface area (TPSA) is 43.9 Å². The molecule has 34 heavy (non-hydrogen) atoms. The van der Waals surface area contributed by atoms with E-state index in [-0.39, 0.29) is 11.8 Å². The first-order valence-corrected chi connectivity index (χ1v) is 11.9. The molecule has 1 saturated heterocycles. The molecular weight excluding hydrogens is 422 g/mol. The van der Waals surface area contributed by atoms with E-state index < -0.39 is 0 Å². The van der Waals surface area contributed by atoms with Crippen LogP contribution >= 0.6 is 0 Å². The van der Waals surface area contributed by atoms with Crippen LogP contribution in [-0.2, 0) is 11.2 Å². The monoisotopic (exact) mass is 455 g/mol. The van der Waals surface area contributed by atoms with Gasteiger partial charge < -0.3 is 14.7 Å².